The SMILES string of the molecule is Cc1ccc(F)c(-c2ncc(N)cc2C)c1. The molecule has 0 bridgehead atoms. The first-order chi connectivity index (χ1) is 7.58. The Kier molecular flexibility index (Phi) is 2.60. The van der Waals surface area contributed by atoms with E-state index in [1.54, 1.807) is 24.4 Å². The minimum Gasteiger partial charge on any atom is -0.397 e. The van der Waals surface area contributed by atoms with Crippen LogP contribution in [-0.4, -0.2) is 4.98 Å². The van der Waals surface area contributed by atoms with Crippen LogP contribution in [-0.2, 0) is 0 Å². The maximum atomic E-state index is 13.7. The third kappa shape index (κ3) is 1.89. The highest BCUT2D eigenvalue weighted by Crippen LogP contribution is 2.25. The smallest absolute Gasteiger partial charge is 0.132 e. The average molecular weight is 216 g/mol. The largest absolute Gasteiger partial charge is 0.397 e. The summed E-state index contributed by atoms with van der Waals surface area (Å²) in [5.74, 6) is -0.258. The Morgan fingerprint density at radius 2 is 1.94 bits per heavy atom. The molecule has 1 aromatic heterocycles. The molecule has 0 radical (unpaired) electrons. The molecule has 0 unspecified atom stereocenters. The molecule has 16 heavy (non-hydrogen) atoms. The number of nitrogens with two attached hydrogens (primary N) is 1. The molecule has 0 spiro atoms. The standard InChI is InChI=1S/C13H13FN2/c1-8-3-4-12(14)11(5-8)13-9(2)6-10(15)7-16-13/h3-7H,15H2,1-2H3. The summed E-state index contributed by atoms with van der Waals surface area (Å²) in [7, 11) is 0. The molecule has 2 rings (SSSR count). The fourth-order valence-corrected chi connectivity index (χ4v) is 1.70. The molecular formula is C13H13FN2. The molecule has 0 aliphatic carbocycles. The number of nitrogen functional groups attached to an aromatic ring is 1. The van der Waals surface area contributed by atoms with Gasteiger partial charge in [-0.2, -0.15) is 0 Å². The maximum Gasteiger partial charge on any atom is 0.132 e. The highest BCUT2D eigenvalue weighted by Gasteiger charge is 2.09. The number of halogens is 1. The Balaban J connectivity index is 2.62. The first-order valence-corrected chi connectivity index (χ1v) is 5.06. The van der Waals surface area contributed by atoms with E-state index in [0.29, 0.717) is 16.9 Å². The summed E-state index contributed by atoms with van der Waals surface area (Å²) < 4.78 is 13.7. The van der Waals surface area contributed by atoms with Gasteiger partial charge in [-0.1, -0.05) is 11.6 Å². The van der Waals surface area contributed by atoms with E-state index < -0.39 is 0 Å². The minimum absolute atomic E-state index is 0.258. The van der Waals surface area contributed by atoms with Crippen molar-refractivity contribution in [2.24, 2.45) is 0 Å². The second kappa shape index (κ2) is 3.93. The van der Waals surface area contributed by atoms with E-state index in [-0.39, 0.29) is 5.82 Å². The van der Waals surface area contributed by atoms with Crippen molar-refractivity contribution in [3.05, 3.63) is 47.4 Å². The van der Waals surface area contributed by atoms with Crippen LogP contribution in [0.3, 0.4) is 0 Å². The molecule has 82 valence electrons. The fourth-order valence-electron chi connectivity index (χ4n) is 1.70. The first kappa shape index (κ1) is 10.6. The molecule has 2 N–H and O–H groups in total. The van der Waals surface area contributed by atoms with E-state index in [4.69, 9.17) is 5.73 Å². The highest BCUT2D eigenvalue weighted by molar-refractivity contribution is 5.66. The summed E-state index contributed by atoms with van der Waals surface area (Å²) >= 11 is 0. The van der Waals surface area contributed by atoms with E-state index in [2.05, 4.69) is 4.98 Å². The summed E-state index contributed by atoms with van der Waals surface area (Å²) in [6, 6.07) is 6.79. The monoisotopic (exact) mass is 216 g/mol. The zero-order valence-electron chi connectivity index (χ0n) is 9.29. The highest BCUT2D eigenvalue weighted by atomic mass is 19.1. The van der Waals surface area contributed by atoms with Crippen LogP contribution >= 0.6 is 0 Å². The van der Waals surface area contributed by atoms with Crippen LogP contribution in [0.15, 0.2) is 30.5 Å². The van der Waals surface area contributed by atoms with Crippen molar-refractivity contribution in [2.45, 2.75) is 13.8 Å². The Morgan fingerprint density at radius 1 is 1.19 bits per heavy atom. The molecule has 0 aliphatic heterocycles. The average Bonchev–Trinajstić information content (AvgIpc) is 2.22. The van der Waals surface area contributed by atoms with Crippen molar-refractivity contribution in [3.8, 4) is 11.3 Å². The van der Waals surface area contributed by atoms with Crippen molar-refractivity contribution in [1.29, 1.82) is 0 Å². The lowest BCUT2D eigenvalue weighted by Gasteiger charge is -2.07. The zero-order valence-corrected chi connectivity index (χ0v) is 9.29. The zero-order chi connectivity index (χ0) is 11.7. The quantitative estimate of drug-likeness (QED) is 0.795. The van der Waals surface area contributed by atoms with Gasteiger partial charge in [0, 0.05) is 5.56 Å². The number of hydrogen-bond acceptors (Lipinski definition) is 2. The van der Waals surface area contributed by atoms with Gasteiger partial charge in [-0.3, -0.25) is 4.98 Å². The van der Waals surface area contributed by atoms with Crippen molar-refractivity contribution < 1.29 is 4.39 Å². The van der Waals surface area contributed by atoms with Gasteiger partial charge in [-0.15, -0.1) is 0 Å². The van der Waals surface area contributed by atoms with Crippen LogP contribution in [0.5, 0.6) is 0 Å². The molecule has 1 aromatic carbocycles. The summed E-state index contributed by atoms with van der Waals surface area (Å²) in [5, 5.41) is 0. The molecule has 0 aliphatic rings. The molecule has 0 saturated heterocycles. The Bertz CT molecular complexity index is 535. The molecule has 2 nitrogen and oxygen atoms in total. The molecule has 0 atom stereocenters. The van der Waals surface area contributed by atoms with Gasteiger partial charge in [0.15, 0.2) is 0 Å². The Hall–Kier alpha value is -1.90. The number of aromatic nitrogens is 1. The van der Waals surface area contributed by atoms with Crippen molar-refractivity contribution in [3.63, 3.8) is 0 Å². The van der Waals surface area contributed by atoms with Crippen LogP contribution in [0.2, 0.25) is 0 Å². The van der Waals surface area contributed by atoms with Crippen LogP contribution < -0.4 is 5.73 Å². The first-order valence-electron chi connectivity index (χ1n) is 5.06. The molecule has 1 heterocycles. The molecule has 0 amide bonds. The van der Waals surface area contributed by atoms with E-state index in [0.717, 1.165) is 11.1 Å². The molecular weight excluding hydrogens is 203 g/mol. The number of aryl methyl sites for hydroxylation is 2. The number of pyridine rings is 1. The van der Waals surface area contributed by atoms with Gasteiger partial charge in [0.05, 0.1) is 17.6 Å². The van der Waals surface area contributed by atoms with Gasteiger partial charge < -0.3 is 5.73 Å². The van der Waals surface area contributed by atoms with Gasteiger partial charge in [0.25, 0.3) is 0 Å². The van der Waals surface area contributed by atoms with E-state index in [1.807, 2.05) is 13.8 Å². The van der Waals surface area contributed by atoms with Gasteiger partial charge in [0.2, 0.25) is 0 Å². The number of anilines is 1. The predicted molar refractivity (Wildman–Crippen MR) is 63.5 cm³/mol. The van der Waals surface area contributed by atoms with Gasteiger partial charge >= 0.3 is 0 Å². The van der Waals surface area contributed by atoms with Crippen LogP contribution in [0.25, 0.3) is 11.3 Å². The normalized spacial score (nSPS) is 10.4. The second-order valence-corrected chi connectivity index (χ2v) is 3.92. The number of hydrogen-bond donors (Lipinski definition) is 1. The lowest BCUT2D eigenvalue weighted by Crippen LogP contribution is -1.95. The Labute approximate surface area is 93.9 Å². The summed E-state index contributed by atoms with van der Waals surface area (Å²) in [5.41, 5.74) is 9.27. The second-order valence-electron chi connectivity index (χ2n) is 3.92. The van der Waals surface area contributed by atoms with Crippen molar-refractivity contribution >= 4 is 5.69 Å². The summed E-state index contributed by atoms with van der Waals surface area (Å²) in [6.45, 7) is 3.80. The van der Waals surface area contributed by atoms with Gasteiger partial charge in [0.1, 0.15) is 5.82 Å². The van der Waals surface area contributed by atoms with Crippen LogP contribution in [0, 0.1) is 19.7 Å². The third-order valence-corrected chi connectivity index (χ3v) is 2.48. The molecule has 3 heteroatoms. The van der Waals surface area contributed by atoms with Crippen molar-refractivity contribution in [1.82, 2.24) is 4.98 Å². The fraction of sp³-hybridized carbons (Fsp3) is 0.154. The predicted octanol–water partition coefficient (Wildman–Crippen LogP) is 3.09. The molecule has 2 aromatic rings. The van der Waals surface area contributed by atoms with Gasteiger partial charge in [-0.05, 0) is 37.6 Å². The summed E-state index contributed by atoms with van der Waals surface area (Å²) in [6.07, 6.45) is 1.55. The third-order valence-electron chi connectivity index (χ3n) is 2.48. The molecule has 0 saturated carbocycles. The lowest BCUT2D eigenvalue weighted by atomic mass is 10.0. The number of rotatable bonds is 1. The minimum atomic E-state index is -0.258. The van der Waals surface area contributed by atoms with Gasteiger partial charge in [-0.25, -0.2) is 4.39 Å². The van der Waals surface area contributed by atoms with Crippen LogP contribution in [0.4, 0.5) is 10.1 Å². The lowest BCUT2D eigenvalue weighted by molar-refractivity contribution is 0.630. The van der Waals surface area contributed by atoms with E-state index >= 15 is 0 Å². The maximum absolute atomic E-state index is 13.7. The van der Waals surface area contributed by atoms with Crippen molar-refractivity contribution in [2.75, 3.05) is 5.73 Å². The summed E-state index contributed by atoms with van der Waals surface area (Å²) in [4.78, 5) is 4.19. The van der Waals surface area contributed by atoms with E-state index in [9.17, 15) is 4.39 Å². The Morgan fingerprint density at radius 3 is 2.62 bits per heavy atom. The van der Waals surface area contributed by atoms with Crippen LogP contribution in [0.1, 0.15) is 11.1 Å². The number of nitrogens with zero attached hydrogens (tertiary/aromatic N) is 1. The van der Waals surface area contributed by atoms with E-state index in [1.165, 1.54) is 6.07 Å². The topological polar surface area (TPSA) is 38.9 Å². The molecule has 0 fully saturated rings. The number of benzene rings is 1.